The van der Waals surface area contributed by atoms with Crippen LogP contribution in [0.2, 0.25) is 0 Å². The second kappa shape index (κ2) is 5.61. The lowest BCUT2D eigenvalue weighted by Crippen LogP contribution is -2.40. The van der Waals surface area contributed by atoms with Crippen LogP contribution in [-0.2, 0) is 9.53 Å². The van der Waals surface area contributed by atoms with Crippen molar-refractivity contribution in [3.05, 3.63) is 34.4 Å². The largest absolute Gasteiger partial charge is 0.466 e. The van der Waals surface area contributed by atoms with Crippen molar-refractivity contribution in [1.29, 1.82) is 0 Å². The predicted molar refractivity (Wildman–Crippen MR) is 96.5 cm³/mol. The highest BCUT2D eigenvalue weighted by molar-refractivity contribution is 5.80. The highest BCUT2D eigenvalue weighted by atomic mass is 16.5. The number of fused-ring (bicyclic) bond motifs is 4. The molecule has 0 unspecified atom stereocenters. The summed E-state index contributed by atoms with van der Waals surface area (Å²) in [5, 5.41) is 0. The molecule has 2 heteroatoms. The molecule has 4 aliphatic rings. The van der Waals surface area contributed by atoms with Gasteiger partial charge in [-0.05, 0) is 74.9 Å². The second-order valence-electron chi connectivity index (χ2n) is 8.57. The van der Waals surface area contributed by atoms with Gasteiger partial charge in [0, 0.05) is 5.41 Å². The zero-order valence-electron chi connectivity index (χ0n) is 15.4. The summed E-state index contributed by atoms with van der Waals surface area (Å²) >= 11 is 0. The van der Waals surface area contributed by atoms with Crippen molar-refractivity contribution in [1.82, 2.24) is 0 Å². The summed E-state index contributed by atoms with van der Waals surface area (Å²) in [4.78, 5) is 12.8. The molecule has 4 rings (SSSR count). The fourth-order valence-electron chi connectivity index (χ4n) is 5.82. The van der Waals surface area contributed by atoms with Crippen LogP contribution in [-0.4, -0.2) is 12.6 Å². The van der Waals surface area contributed by atoms with Crippen molar-refractivity contribution in [2.45, 2.75) is 72.1 Å². The van der Waals surface area contributed by atoms with E-state index in [9.17, 15) is 4.79 Å². The maximum absolute atomic E-state index is 12.8. The van der Waals surface area contributed by atoms with Crippen LogP contribution in [0.15, 0.2) is 34.4 Å². The lowest BCUT2D eigenvalue weighted by Gasteiger charge is -2.50. The predicted octanol–water partition coefficient (Wildman–Crippen LogP) is 5.50. The van der Waals surface area contributed by atoms with Gasteiger partial charge in [0.2, 0.25) is 0 Å². The van der Waals surface area contributed by atoms with Crippen LogP contribution >= 0.6 is 0 Å². The summed E-state index contributed by atoms with van der Waals surface area (Å²) in [6, 6.07) is 0. The molecule has 24 heavy (non-hydrogen) atoms. The van der Waals surface area contributed by atoms with Gasteiger partial charge >= 0.3 is 5.97 Å². The summed E-state index contributed by atoms with van der Waals surface area (Å²) < 4.78 is 5.50. The van der Waals surface area contributed by atoms with E-state index in [0.717, 1.165) is 19.3 Å². The maximum atomic E-state index is 12.8. The number of carbonyl (C=O) groups is 1. The number of allylic oxidation sites excluding steroid dienone is 5. The first-order valence-corrected chi connectivity index (χ1v) is 9.80. The van der Waals surface area contributed by atoms with Gasteiger partial charge in [-0.1, -0.05) is 37.1 Å². The van der Waals surface area contributed by atoms with Gasteiger partial charge in [0.15, 0.2) is 0 Å². The first-order valence-electron chi connectivity index (χ1n) is 9.80. The van der Waals surface area contributed by atoms with E-state index in [1.807, 2.05) is 6.92 Å². The van der Waals surface area contributed by atoms with Crippen LogP contribution in [0.5, 0.6) is 0 Å². The first kappa shape index (κ1) is 16.2. The topological polar surface area (TPSA) is 26.3 Å². The third kappa shape index (κ3) is 2.18. The van der Waals surface area contributed by atoms with Crippen LogP contribution in [0.3, 0.4) is 0 Å². The average Bonchev–Trinajstić information content (AvgIpc) is 2.95. The van der Waals surface area contributed by atoms with E-state index >= 15 is 0 Å². The van der Waals surface area contributed by atoms with Crippen LogP contribution in [0.25, 0.3) is 0 Å². The van der Waals surface area contributed by atoms with Crippen molar-refractivity contribution in [2.24, 2.45) is 16.7 Å². The fourth-order valence-corrected chi connectivity index (χ4v) is 5.82. The Hall–Kier alpha value is -1.31. The summed E-state index contributed by atoms with van der Waals surface area (Å²) in [6.07, 6.45) is 14.2. The molecule has 0 radical (unpaired) electrons. The Morgan fingerprint density at radius 2 is 2.04 bits per heavy atom. The van der Waals surface area contributed by atoms with Crippen LogP contribution in [0.4, 0.5) is 0 Å². The van der Waals surface area contributed by atoms with E-state index in [4.69, 9.17) is 4.74 Å². The number of hydrogen-bond acceptors (Lipinski definition) is 2. The average molecular weight is 326 g/mol. The Labute approximate surface area is 146 Å². The van der Waals surface area contributed by atoms with Crippen molar-refractivity contribution in [3.63, 3.8) is 0 Å². The van der Waals surface area contributed by atoms with Gasteiger partial charge in [-0.25, -0.2) is 0 Å². The summed E-state index contributed by atoms with van der Waals surface area (Å²) in [6.45, 7) is 7.24. The van der Waals surface area contributed by atoms with Crippen molar-refractivity contribution in [3.8, 4) is 0 Å². The van der Waals surface area contributed by atoms with Gasteiger partial charge < -0.3 is 4.74 Å². The molecular weight excluding hydrogens is 296 g/mol. The fraction of sp³-hybridized carbons (Fsp3) is 0.682. The Balaban J connectivity index is 1.88. The molecule has 2 nitrogen and oxygen atoms in total. The second-order valence-corrected chi connectivity index (χ2v) is 8.57. The van der Waals surface area contributed by atoms with E-state index in [2.05, 4.69) is 26.0 Å². The number of hydrogen-bond donors (Lipinski definition) is 0. The standard InChI is InChI=1S/C22H30O2/c1-4-24-20(23)16-14-15-8-5-6-12-22(15,3)18-10-13-21(2)11-7-9-17(21)19(16)18/h8-9,16H,4-7,10-14H2,1-3H3/t16-,21+,22+/m1/s1. The monoisotopic (exact) mass is 326 g/mol. The normalized spacial score (nSPS) is 37.9. The number of ether oxygens (including phenoxy) is 1. The molecule has 0 aromatic rings. The van der Waals surface area contributed by atoms with Gasteiger partial charge in [-0.2, -0.15) is 0 Å². The van der Waals surface area contributed by atoms with E-state index < -0.39 is 0 Å². The molecule has 0 aromatic carbocycles. The van der Waals surface area contributed by atoms with E-state index in [1.165, 1.54) is 48.8 Å². The molecule has 3 atom stereocenters. The van der Waals surface area contributed by atoms with E-state index in [1.54, 1.807) is 5.57 Å². The highest BCUT2D eigenvalue weighted by Gasteiger charge is 2.51. The molecule has 0 aromatic heterocycles. The van der Waals surface area contributed by atoms with Gasteiger partial charge in [0.1, 0.15) is 0 Å². The molecule has 0 saturated heterocycles. The van der Waals surface area contributed by atoms with Gasteiger partial charge in [-0.3, -0.25) is 4.79 Å². The van der Waals surface area contributed by atoms with Crippen LogP contribution < -0.4 is 0 Å². The van der Waals surface area contributed by atoms with Gasteiger partial charge in [-0.15, -0.1) is 0 Å². The molecule has 130 valence electrons. The minimum absolute atomic E-state index is 0.00410. The van der Waals surface area contributed by atoms with Gasteiger partial charge in [0.05, 0.1) is 12.5 Å². The minimum atomic E-state index is -0.0682. The maximum Gasteiger partial charge on any atom is 0.313 e. The molecule has 0 amide bonds. The summed E-state index contributed by atoms with van der Waals surface area (Å²) in [5.74, 6) is -0.0723. The van der Waals surface area contributed by atoms with E-state index in [-0.39, 0.29) is 22.7 Å². The summed E-state index contributed by atoms with van der Waals surface area (Å²) in [7, 11) is 0. The zero-order valence-corrected chi connectivity index (χ0v) is 15.4. The molecule has 0 fully saturated rings. The quantitative estimate of drug-likeness (QED) is 0.494. The highest BCUT2D eigenvalue weighted by Crippen LogP contribution is 2.62. The molecule has 0 aliphatic heterocycles. The third-order valence-corrected chi connectivity index (χ3v) is 7.23. The molecule has 0 spiro atoms. The summed E-state index contributed by atoms with van der Waals surface area (Å²) in [5.41, 5.74) is 6.45. The van der Waals surface area contributed by atoms with Crippen molar-refractivity contribution in [2.75, 3.05) is 6.61 Å². The lowest BCUT2D eigenvalue weighted by atomic mass is 9.54. The zero-order chi connectivity index (χ0) is 16.9. The van der Waals surface area contributed by atoms with Crippen LogP contribution in [0, 0.1) is 16.7 Å². The third-order valence-electron chi connectivity index (χ3n) is 7.23. The molecular formula is C22H30O2. The SMILES string of the molecule is CCOC(=O)[C@@H]1CC2=CCCC[C@]2(C)C2=C1C1=CCC[C@@]1(C)CC2. The molecule has 0 bridgehead atoms. The minimum Gasteiger partial charge on any atom is -0.466 e. The number of carbonyl (C=O) groups excluding carboxylic acids is 1. The number of esters is 1. The Kier molecular flexibility index (Phi) is 3.78. The Morgan fingerprint density at radius 3 is 2.83 bits per heavy atom. The number of rotatable bonds is 2. The molecule has 0 N–H and O–H groups in total. The molecule has 0 heterocycles. The smallest absolute Gasteiger partial charge is 0.313 e. The van der Waals surface area contributed by atoms with E-state index in [0.29, 0.717) is 6.61 Å². The first-order chi connectivity index (χ1) is 11.5. The van der Waals surface area contributed by atoms with Crippen LogP contribution in [0.1, 0.15) is 72.1 Å². The Bertz CT molecular complexity index is 665. The van der Waals surface area contributed by atoms with Crippen molar-refractivity contribution >= 4 is 5.97 Å². The van der Waals surface area contributed by atoms with Crippen molar-refractivity contribution < 1.29 is 9.53 Å². The lowest BCUT2D eigenvalue weighted by molar-refractivity contribution is -0.146. The Morgan fingerprint density at radius 1 is 1.21 bits per heavy atom. The molecule has 0 saturated carbocycles. The molecule has 4 aliphatic carbocycles. The van der Waals surface area contributed by atoms with Gasteiger partial charge in [0.25, 0.3) is 0 Å².